The second-order valence-corrected chi connectivity index (χ2v) is 11.6. The van der Waals surface area contributed by atoms with Crippen molar-refractivity contribution in [1.29, 1.82) is 0 Å². The Morgan fingerprint density at radius 3 is 2.47 bits per heavy atom. The minimum absolute atomic E-state index is 0.0207. The maximum Gasteiger partial charge on any atom is 0.248 e. The highest BCUT2D eigenvalue weighted by Crippen LogP contribution is 2.34. The topological polar surface area (TPSA) is 69.8 Å². The molecule has 2 heterocycles. The number of benzene rings is 1. The minimum Gasteiger partial charge on any atom is -0.384 e. The average Bonchev–Trinajstić information content (AvgIpc) is 2.92. The van der Waals surface area contributed by atoms with Crippen molar-refractivity contribution in [3.8, 4) is 0 Å². The van der Waals surface area contributed by atoms with E-state index >= 15 is 0 Å². The number of fused-ring (bicyclic) bond motifs is 3. The number of hydrogen-bond acceptors (Lipinski definition) is 4. The van der Waals surface area contributed by atoms with Crippen molar-refractivity contribution in [2.24, 2.45) is 0 Å². The van der Waals surface area contributed by atoms with Gasteiger partial charge in [0.2, 0.25) is 5.56 Å². The van der Waals surface area contributed by atoms with Crippen LogP contribution in [0.1, 0.15) is 106 Å². The number of hydrogen-bond donors (Lipinski definition) is 3. The molecule has 1 aromatic carbocycles. The molecule has 0 fully saturated rings. The van der Waals surface area contributed by atoms with Crippen molar-refractivity contribution >= 4 is 28.2 Å². The first-order valence-electron chi connectivity index (χ1n) is 15.0. The maximum atomic E-state index is 11.6. The average molecular weight is 535 g/mol. The third-order valence-electron chi connectivity index (χ3n) is 8.35. The number of H-pyrrole nitrogens is 1. The molecule has 3 aromatic rings. The smallest absolute Gasteiger partial charge is 0.248 e. The van der Waals surface area contributed by atoms with E-state index in [9.17, 15) is 4.79 Å². The summed E-state index contributed by atoms with van der Waals surface area (Å²) in [6.07, 6.45) is 18.4. The summed E-state index contributed by atoms with van der Waals surface area (Å²) in [6, 6.07) is 10.2. The number of nitrogens with one attached hydrogen (secondary N) is 3. The van der Waals surface area contributed by atoms with E-state index in [2.05, 4.69) is 21.7 Å². The fraction of sp³-hybridized carbons (Fsp3) is 0.562. The Hall–Kier alpha value is -2.37. The van der Waals surface area contributed by atoms with Gasteiger partial charge in [0.1, 0.15) is 0 Å². The first-order chi connectivity index (χ1) is 18.7. The highest BCUT2D eigenvalue weighted by Gasteiger charge is 2.20. The van der Waals surface area contributed by atoms with Gasteiger partial charge in [-0.2, -0.15) is 0 Å². The summed E-state index contributed by atoms with van der Waals surface area (Å²) in [5.41, 5.74) is 7.48. The van der Waals surface area contributed by atoms with Crippen LogP contribution in [-0.4, -0.2) is 23.1 Å². The van der Waals surface area contributed by atoms with Gasteiger partial charge in [-0.15, -0.1) is 0 Å². The summed E-state index contributed by atoms with van der Waals surface area (Å²) in [5.74, 6) is 0. The molecule has 3 N–H and O–H groups in total. The summed E-state index contributed by atoms with van der Waals surface area (Å²) in [7, 11) is 0. The molecule has 0 spiro atoms. The molecule has 204 valence electrons. The molecular formula is C32H43ClN4O. The van der Waals surface area contributed by atoms with Gasteiger partial charge in [-0.1, -0.05) is 56.2 Å². The number of halogens is 1. The Balaban J connectivity index is 0.950. The van der Waals surface area contributed by atoms with Crippen LogP contribution >= 0.6 is 11.6 Å². The lowest BCUT2D eigenvalue weighted by atomic mass is 9.91. The van der Waals surface area contributed by atoms with Gasteiger partial charge in [0.25, 0.3) is 0 Å². The maximum absolute atomic E-state index is 11.6. The molecule has 5 rings (SSSR count). The predicted octanol–water partition coefficient (Wildman–Crippen LogP) is 7.66. The van der Waals surface area contributed by atoms with E-state index in [1.54, 1.807) is 6.07 Å². The van der Waals surface area contributed by atoms with Crippen molar-refractivity contribution in [2.75, 3.05) is 18.4 Å². The van der Waals surface area contributed by atoms with Crippen LogP contribution in [0.5, 0.6) is 0 Å². The molecule has 0 saturated heterocycles. The van der Waals surface area contributed by atoms with Crippen LogP contribution in [-0.2, 0) is 19.3 Å². The number of anilines is 1. The lowest BCUT2D eigenvalue weighted by Gasteiger charge is -2.26. The third-order valence-corrected chi connectivity index (χ3v) is 8.59. The van der Waals surface area contributed by atoms with Gasteiger partial charge in [-0.3, -0.25) is 9.78 Å². The number of aromatic nitrogens is 2. The quantitative estimate of drug-likeness (QED) is 0.197. The van der Waals surface area contributed by atoms with Gasteiger partial charge in [-0.25, -0.2) is 0 Å². The molecule has 0 radical (unpaired) electrons. The van der Waals surface area contributed by atoms with Gasteiger partial charge >= 0.3 is 0 Å². The minimum atomic E-state index is 0.0207. The van der Waals surface area contributed by atoms with Crippen LogP contribution in [0.2, 0.25) is 5.02 Å². The Bertz CT molecular complexity index is 1270. The molecule has 2 aliphatic carbocycles. The molecule has 2 aromatic heterocycles. The van der Waals surface area contributed by atoms with E-state index in [1.807, 2.05) is 18.2 Å². The van der Waals surface area contributed by atoms with E-state index in [4.69, 9.17) is 16.6 Å². The van der Waals surface area contributed by atoms with Crippen molar-refractivity contribution in [2.45, 2.75) is 102 Å². The SMILES string of the molecule is O=c1ccc2c([nH]1)CCCC2NCCCCCCCCCCNc1c2c(nc3cc(Cl)ccc13)CCCC2. The highest BCUT2D eigenvalue weighted by molar-refractivity contribution is 6.31. The summed E-state index contributed by atoms with van der Waals surface area (Å²) < 4.78 is 0. The third kappa shape index (κ3) is 6.98. The van der Waals surface area contributed by atoms with Crippen LogP contribution in [0.3, 0.4) is 0 Å². The van der Waals surface area contributed by atoms with Crippen LogP contribution in [0, 0.1) is 0 Å². The monoisotopic (exact) mass is 534 g/mol. The van der Waals surface area contributed by atoms with Gasteiger partial charge < -0.3 is 15.6 Å². The van der Waals surface area contributed by atoms with Gasteiger partial charge in [0.15, 0.2) is 0 Å². The molecule has 0 bridgehead atoms. The first-order valence-corrected chi connectivity index (χ1v) is 15.4. The number of aromatic amines is 1. The molecule has 1 atom stereocenters. The summed E-state index contributed by atoms with van der Waals surface area (Å²) in [4.78, 5) is 19.5. The summed E-state index contributed by atoms with van der Waals surface area (Å²) in [5, 5.41) is 9.49. The molecule has 1 unspecified atom stereocenters. The van der Waals surface area contributed by atoms with Crippen molar-refractivity contribution in [3.63, 3.8) is 0 Å². The summed E-state index contributed by atoms with van der Waals surface area (Å²) >= 11 is 6.26. The van der Waals surface area contributed by atoms with E-state index < -0.39 is 0 Å². The summed E-state index contributed by atoms with van der Waals surface area (Å²) in [6.45, 7) is 2.09. The molecule has 2 aliphatic rings. The van der Waals surface area contributed by atoms with E-state index in [0.717, 1.165) is 55.0 Å². The van der Waals surface area contributed by atoms with Crippen molar-refractivity contribution in [1.82, 2.24) is 15.3 Å². The highest BCUT2D eigenvalue weighted by atomic mass is 35.5. The zero-order valence-electron chi connectivity index (χ0n) is 22.7. The normalized spacial score (nSPS) is 16.8. The zero-order valence-corrected chi connectivity index (χ0v) is 23.5. The molecule has 5 nitrogen and oxygen atoms in total. The molecule has 0 saturated carbocycles. The van der Waals surface area contributed by atoms with E-state index in [-0.39, 0.29) is 5.56 Å². The first kappa shape index (κ1) is 27.2. The molecule has 38 heavy (non-hydrogen) atoms. The molecule has 0 aliphatic heterocycles. The number of nitrogens with zero attached hydrogens (tertiary/aromatic N) is 1. The van der Waals surface area contributed by atoms with Crippen molar-refractivity contribution in [3.05, 3.63) is 68.2 Å². The number of rotatable bonds is 13. The number of unbranched alkanes of at least 4 members (excludes halogenated alkanes) is 7. The lowest BCUT2D eigenvalue weighted by molar-refractivity contribution is 0.442. The van der Waals surface area contributed by atoms with Gasteiger partial charge in [0, 0.05) is 46.1 Å². The molecule has 6 heteroatoms. The van der Waals surface area contributed by atoms with Crippen LogP contribution in [0.25, 0.3) is 10.9 Å². The number of aryl methyl sites for hydroxylation is 2. The van der Waals surface area contributed by atoms with Crippen LogP contribution in [0.15, 0.2) is 35.1 Å². The standard InChI is InChI=1S/C32H43ClN4O/c33-23-16-17-26-30(22-23)36-29-13-8-7-12-25(29)32(26)35-21-10-6-4-2-1-3-5-9-20-34-27-14-11-15-28-24(27)18-19-31(38)37-28/h16-19,22,27,34H,1-15,20-21H2,(H,35,36)(H,37,38). The second-order valence-electron chi connectivity index (χ2n) is 11.2. The van der Waals surface area contributed by atoms with E-state index in [0.29, 0.717) is 6.04 Å². The van der Waals surface area contributed by atoms with Gasteiger partial charge in [0.05, 0.1) is 5.52 Å². The Morgan fingerprint density at radius 2 is 1.63 bits per heavy atom. The predicted molar refractivity (Wildman–Crippen MR) is 160 cm³/mol. The largest absolute Gasteiger partial charge is 0.384 e. The molecular weight excluding hydrogens is 492 g/mol. The van der Waals surface area contributed by atoms with Crippen LogP contribution < -0.4 is 16.2 Å². The zero-order chi connectivity index (χ0) is 26.2. The Labute approximate surface area is 232 Å². The lowest BCUT2D eigenvalue weighted by Crippen LogP contribution is -2.28. The molecule has 0 amide bonds. The van der Waals surface area contributed by atoms with Crippen LogP contribution in [0.4, 0.5) is 5.69 Å². The van der Waals surface area contributed by atoms with Crippen molar-refractivity contribution < 1.29 is 0 Å². The Morgan fingerprint density at radius 1 is 0.868 bits per heavy atom. The number of pyridine rings is 2. The van der Waals surface area contributed by atoms with E-state index in [1.165, 1.54) is 98.5 Å². The fourth-order valence-electron chi connectivity index (χ4n) is 6.31. The fourth-order valence-corrected chi connectivity index (χ4v) is 6.48. The Kier molecular flexibility index (Phi) is 9.75. The second kappa shape index (κ2) is 13.6. The van der Waals surface area contributed by atoms with Gasteiger partial charge in [-0.05, 0) is 93.7 Å².